The van der Waals surface area contributed by atoms with E-state index in [0.717, 1.165) is 13.0 Å². The quantitative estimate of drug-likeness (QED) is 0.903. The highest BCUT2D eigenvalue weighted by atomic mass is 16.3. The molecule has 1 aromatic rings. The second kappa shape index (κ2) is 7.24. The van der Waals surface area contributed by atoms with Crippen molar-refractivity contribution in [3.8, 4) is 0 Å². The molecule has 0 amide bonds. The fourth-order valence-corrected chi connectivity index (χ4v) is 3.24. The fraction of sp³-hybridized carbons (Fsp3) is 0.667. The largest absolute Gasteiger partial charge is 0.393 e. The van der Waals surface area contributed by atoms with Crippen LogP contribution < -0.4 is 0 Å². The van der Waals surface area contributed by atoms with Crippen LogP contribution in [0.1, 0.15) is 55.7 Å². The first-order valence-electron chi connectivity index (χ1n) is 8.04. The Bertz CT molecular complexity index is 427. The van der Waals surface area contributed by atoms with E-state index in [1.54, 1.807) is 0 Å². The lowest BCUT2D eigenvalue weighted by atomic mass is 10.0. The van der Waals surface area contributed by atoms with Crippen molar-refractivity contribution in [2.24, 2.45) is 0 Å². The van der Waals surface area contributed by atoms with Crippen molar-refractivity contribution in [1.29, 1.82) is 0 Å². The predicted molar refractivity (Wildman–Crippen MR) is 84.9 cm³/mol. The van der Waals surface area contributed by atoms with Gasteiger partial charge in [0.15, 0.2) is 0 Å². The summed E-state index contributed by atoms with van der Waals surface area (Å²) in [5.74, 6) is 0. The molecule has 1 aliphatic heterocycles. The second-order valence-electron chi connectivity index (χ2n) is 6.48. The molecule has 2 heteroatoms. The Morgan fingerprint density at radius 3 is 2.70 bits per heavy atom. The van der Waals surface area contributed by atoms with E-state index < -0.39 is 0 Å². The summed E-state index contributed by atoms with van der Waals surface area (Å²) < 4.78 is 0. The highest BCUT2D eigenvalue weighted by molar-refractivity contribution is 5.29. The van der Waals surface area contributed by atoms with Crippen molar-refractivity contribution >= 4 is 0 Å². The molecule has 1 saturated heterocycles. The van der Waals surface area contributed by atoms with E-state index in [1.165, 1.54) is 48.9 Å². The van der Waals surface area contributed by atoms with Gasteiger partial charge in [0.25, 0.3) is 0 Å². The van der Waals surface area contributed by atoms with Crippen LogP contribution in [0.2, 0.25) is 0 Å². The van der Waals surface area contributed by atoms with Gasteiger partial charge in [0.05, 0.1) is 6.10 Å². The van der Waals surface area contributed by atoms with E-state index in [9.17, 15) is 5.11 Å². The topological polar surface area (TPSA) is 23.5 Å². The molecule has 1 N–H and O–H groups in total. The van der Waals surface area contributed by atoms with Gasteiger partial charge in [-0.2, -0.15) is 0 Å². The maximum absolute atomic E-state index is 9.73. The summed E-state index contributed by atoms with van der Waals surface area (Å²) >= 11 is 0. The lowest BCUT2D eigenvalue weighted by Crippen LogP contribution is -2.36. The zero-order valence-corrected chi connectivity index (χ0v) is 13.2. The van der Waals surface area contributed by atoms with Gasteiger partial charge in [0.2, 0.25) is 0 Å². The van der Waals surface area contributed by atoms with Crippen LogP contribution in [-0.4, -0.2) is 28.7 Å². The van der Waals surface area contributed by atoms with Crippen LogP contribution in [0.5, 0.6) is 0 Å². The van der Waals surface area contributed by atoms with Gasteiger partial charge in [-0.3, -0.25) is 4.90 Å². The minimum absolute atomic E-state index is 0.194. The Morgan fingerprint density at radius 2 is 2.00 bits per heavy atom. The molecule has 0 aromatic heterocycles. The van der Waals surface area contributed by atoms with Crippen molar-refractivity contribution in [2.75, 3.05) is 6.54 Å². The highest BCUT2D eigenvalue weighted by Crippen LogP contribution is 2.23. The molecule has 1 heterocycles. The second-order valence-corrected chi connectivity index (χ2v) is 6.48. The molecule has 20 heavy (non-hydrogen) atoms. The van der Waals surface area contributed by atoms with Crippen molar-refractivity contribution in [3.05, 3.63) is 34.9 Å². The van der Waals surface area contributed by atoms with Gasteiger partial charge in [0.1, 0.15) is 0 Å². The highest BCUT2D eigenvalue weighted by Gasteiger charge is 2.22. The van der Waals surface area contributed by atoms with Crippen LogP contribution in [-0.2, 0) is 6.54 Å². The molecule has 0 saturated carbocycles. The summed E-state index contributed by atoms with van der Waals surface area (Å²) in [6.45, 7) is 8.47. The Balaban J connectivity index is 2.07. The monoisotopic (exact) mass is 275 g/mol. The van der Waals surface area contributed by atoms with Gasteiger partial charge in [-0.1, -0.05) is 31.0 Å². The van der Waals surface area contributed by atoms with E-state index >= 15 is 0 Å². The number of nitrogens with zero attached hydrogens (tertiary/aromatic N) is 1. The van der Waals surface area contributed by atoms with Crippen LogP contribution in [0.15, 0.2) is 18.2 Å². The first kappa shape index (κ1) is 15.5. The molecule has 112 valence electrons. The zero-order chi connectivity index (χ0) is 14.5. The molecule has 1 aromatic carbocycles. The van der Waals surface area contributed by atoms with E-state index in [2.05, 4.69) is 36.9 Å². The number of likely N-dealkylation sites (tertiary alicyclic amines) is 1. The van der Waals surface area contributed by atoms with Gasteiger partial charge >= 0.3 is 0 Å². The average molecular weight is 275 g/mol. The number of aliphatic hydroxyl groups is 1. The smallest absolute Gasteiger partial charge is 0.0527 e. The van der Waals surface area contributed by atoms with E-state index in [1.807, 2.05) is 6.92 Å². The van der Waals surface area contributed by atoms with Crippen molar-refractivity contribution in [2.45, 2.75) is 71.6 Å². The van der Waals surface area contributed by atoms with E-state index in [0.29, 0.717) is 6.04 Å². The maximum Gasteiger partial charge on any atom is 0.0527 e. The molecule has 2 unspecified atom stereocenters. The molecular weight excluding hydrogens is 246 g/mol. The van der Waals surface area contributed by atoms with E-state index in [-0.39, 0.29) is 6.10 Å². The SMILES string of the molecule is Cc1ccc(CN2CCCCCC2CC(C)O)cc1C. The number of rotatable bonds is 4. The molecule has 2 rings (SSSR count). The van der Waals surface area contributed by atoms with Crippen LogP contribution in [0.4, 0.5) is 0 Å². The van der Waals surface area contributed by atoms with Crippen LogP contribution in [0.3, 0.4) is 0 Å². The van der Waals surface area contributed by atoms with Crippen LogP contribution >= 0.6 is 0 Å². The van der Waals surface area contributed by atoms with Crippen molar-refractivity contribution in [1.82, 2.24) is 4.90 Å². The van der Waals surface area contributed by atoms with Crippen molar-refractivity contribution in [3.63, 3.8) is 0 Å². The first-order valence-corrected chi connectivity index (χ1v) is 8.04. The number of hydrogen-bond acceptors (Lipinski definition) is 2. The van der Waals surface area contributed by atoms with Crippen molar-refractivity contribution < 1.29 is 5.11 Å². The minimum Gasteiger partial charge on any atom is -0.393 e. The third kappa shape index (κ3) is 4.32. The Kier molecular flexibility index (Phi) is 5.62. The molecule has 0 bridgehead atoms. The Labute approximate surface area is 123 Å². The lowest BCUT2D eigenvalue weighted by molar-refractivity contribution is 0.108. The summed E-state index contributed by atoms with van der Waals surface area (Å²) in [6.07, 6.45) is 5.88. The molecule has 1 aliphatic rings. The maximum atomic E-state index is 9.73. The van der Waals surface area contributed by atoms with Gasteiger partial charge in [-0.25, -0.2) is 0 Å². The first-order chi connectivity index (χ1) is 9.56. The Hall–Kier alpha value is -0.860. The van der Waals surface area contributed by atoms with Gasteiger partial charge in [0, 0.05) is 12.6 Å². The molecule has 2 nitrogen and oxygen atoms in total. The third-order valence-corrected chi connectivity index (χ3v) is 4.57. The average Bonchev–Trinajstić information content (AvgIpc) is 2.59. The van der Waals surface area contributed by atoms with Crippen LogP contribution in [0, 0.1) is 13.8 Å². The number of aryl methyl sites for hydroxylation is 2. The normalized spacial score (nSPS) is 22.5. The summed E-state index contributed by atoms with van der Waals surface area (Å²) in [4.78, 5) is 2.59. The molecule has 2 atom stereocenters. The summed E-state index contributed by atoms with van der Waals surface area (Å²) in [6, 6.07) is 7.34. The predicted octanol–water partition coefficient (Wildman–Crippen LogP) is 3.82. The number of aliphatic hydroxyl groups excluding tert-OH is 1. The molecule has 0 spiro atoms. The minimum atomic E-state index is -0.194. The van der Waals surface area contributed by atoms with E-state index in [4.69, 9.17) is 0 Å². The van der Waals surface area contributed by atoms with Crippen LogP contribution in [0.25, 0.3) is 0 Å². The van der Waals surface area contributed by atoms with Gasteiger partial charge in [-0.05, 0) is 63.3 Å². The zero-order valence-electron chi connectivity index (χ0n) is 13.2. The molecule has 1 fully saturated rings. The third-order valence-electron chi connectivity index (χ3n) is 4.57. The standard InChI is InChI=1S/C18H29NO/c1-14-8-9-17(11-15(14)2)13-19-10-6-4-5-7-18(19)12-16(3)20/h8-9,11,16,18,20H,4-7,10,12-13H2,1-3H3. The fourth-order valence-electron chi connectivity index (χ4n) is 3.24. The molecular formula is C18H29NO. The summed E-state index contributed by atoms with van der Waals surface area (Å²) in [5, 5.41) is 9.73. The lowest BCUT2D eigenvalue weighted by Gasteiger charge is -2.31. The molecule has 0 aliphatic carbocycles. The van der Waals surface area contributed by atoms with Gasteiger partial charge < -0.3 is 5.11 Å². The summed E-state index contributed by atoms with van der Waals surface area (Å²) in [5.41, 5.74) is 4.15. The van der Waals surface area contributed by atoms with Gasteiger partial charge in [-0.15, -0.1) is 0 Å². The Morgan fingerprint density at radius 1 is 1.20 bits per heavy atom. The molecule has 0 radical (unpaired) electrons. The summed E-state index contributed by atoms with van der Waals surface area (Å²) in [7, 11) is 0. The number of hydrogen-bond donors (Lipinski definition) is 1. The number of benzene rings is 1.